The Bertz CT molecular complexity index is 451. The molecule has 1 rings (SSSR count). The fourth-order valence-electron chi connectivity index (χ4n) is 1.23. The minimum absolute atomic E-state index is 0.0242. The minimum Gasteiger partial charge on any atom is -0.465 e. The molecule has 0 bridgehead atoms. The first-order valence-corrected chi connectivity index (χ1v) is 7.40. The molecule has 0 saturated heterocycles. The molecule has 0 saturated carbocycles. The molecule has 0 unspecified atom stereocenters. The highest BCUT2D eigenvalue weighted by molar-refractivity contribution is 8.00. The Morgan fingerprint density at radius 3 is 2.78 bits per heavy atom. The van der Waals surface area contributed by atoms with Crippen molar-refractivity contribution in [3.63, 3.8) is 0 Å². The van der Waals surface area contributed by atoms with Crippen LogP contribution in [0.5, 0.6) is 0 Å². The van der Waals surface area contributed by atoms with E-state index in [9.17, 15) is 14.9 Å². The molecule has 0 heterocycles. The van der Waals surface area contributed by atoms with Gasteiger partial charge < -0.3 is 4.74 Å². The third kappa shape index (κ3) is 4.23. The van der Waals surface area contributed by atoms with Crippen molar-refractivity contribution >= 4 is 35.2 Å². The predicted molar refractivity (Wildman–Crippen MR) is 72.2 cm³/mol. The van der Waals surface area contributed by atoms with E-state index in [-0.39, 0.29) is 17.4 Å². The van der Waals surface area contributed by atoms with Gasteiger partial charge in [-0.15, -0.1) is 23.5 Å². The summed E-state index contributed by atoms with van der Waals surface area (Å²) in [5.74, 6) is -0.293. The highest BCUT2D eigenvalue weighted by Gasteiger charge is 2.16. The lowest BCUT2D eigenvalue weighted by Gasteiger charge is -2.04. The Kier molecular flexibility index (Phi) is 6.00. The third-order valence-electron chi connectivity index (χ3n) is 2.01. The molecule has 0 aliphatic heterocycles. The molecule has 0 spiro atoms. The summed E-state index contributed by atoms with van der Waals surface area (Å²) in [6.07, 6.45) is 1.85. The van der Waals surface area contributed by atoms with Gasteiger partial charge in [0, 0.05) is 11.0 Å². The number of hydrogen-bond donors (Lipinski definition) is 0. The summed E-state index contributed by atoms with van der Waals surface area (Å²) in [5, 5.41) is 10.9. The lowest BCUT2D eigenvalue weighted by Crippen LogP contribution is -2.06. The molecule has 18 heavy (non-hydrogen) atoms. The molecular formula is C11H13NO4S2. The topological polar surface area (TPSA) is 69.4 Å². The molecule has 1 aromatic carbocycles. The average Bonchev–Trinajstić information content (AvgIpc) is 2.36. The van der Waals surface area contributed by atoms with Crippen LogP contribution in [-0.2, 0) is 9.53 Å². The first kappa shape index (κ1) is 14.8. The Hall–Kier alpha value is -1.21. The van der Waals surface area contributed by atoms with E-state index in [0.717, 1.165) is 16.7 Å². The van der Waals surface area contributed by atoms with E-state index in [1.54, 1.807) is 19.1 Å². The van der Waals surface area contributed by atoms with Crippen molar-refractivity contribution in [2.45, 2.75) is 16.7 Å². The summed E-state index contributed by atoms with van der Waals surface area (Å²) in [6.45, 7) is 2.03. The Balaban J connectivity index is 2.81. The van der Waals surface area contributed by atoms with Gasteiger partial charge in [0.15, 0.2) is 0 Å². The maximum atomic E-state index is 11.2. The molecule has 7 heteroatoms. The number of ether oxygens (including phenoxy) is 1. The average molecular weight is 287 g/mol. The van der Waals surface area contributed by atoms with E-state index in [2.05, 4.69) is 0 Å². The van der Waals surface area contributed by atoms with Gasteiger partial charge in [-0.05, 0) is 25.3 Å². The lowest BCUT2D eigenvalue weighted by atomic mass is 10.3. The van der Waals surface area contributed by atoms with Crippen molar-refractivity contribution in [2.24, 2.45) is 0 Å². The van der Waals surface area contributed by atoms with Gasteiger partial charge in [-0.2, -0.15) is 0 Å². The normalized spacial score (nSPS) is 10.1. The lowest BCUT2D eigenvalue weighted by molar-refractivity contribution is -0.387. The van der Waals surface area contributed by atoms with Crippen LogP contribution in [0.25, 0.3) is 0 Å². The molecule has 0 aromatic heterocycles. The quantitative estimate of drug-likeness (QED) is 0.347. The first-order chi connectivity index (χ1) is 8.58. The van der Waals surface area contributed by atoms with Crippen LogP contribution in [0, 0.1) is 10.1 Å². The second kappa shape index (κ2) is 7.27. The second-order valence-electron chi connectivity index (χ2n) is 3.18. The van der Waals surface area contributed by atoms with Crippen molar-refractivity contribution in [2.75, 3.05) is 18.6 Å². The zero-order valence-electron chi connectivity index (χ0n) is 10.0. The van der Waals surface area contributed by atoms with Crippen LogP contribution in [-0.4, -0.2) is 29.5 Å². The molecule has 5 nitrogen and oxygen atoms in total. The van der Waals surface area contributed by atoms with Crippen molar-refractivity contribution in [1.82, 2.24) is 0 Å². The smallest absolute Gasteiger partial charge is 0.316 e. The van der Waals surface area contributed by atoms with Crippen LogP contribution >= 0.6 is 23.5 Å². The zero-order valence-corrected chi connectivity index (χ0v) is 11.7. The molecule has 0 aliphatic carbocycles. The number of nitro groups is 1. The van der Waals surface area contributed by atoms with Gasteiger partial charge in [-0.1, -0.05) is 0 Å². The molecule has 0 N–H and O–H groups in total. The van der Waals surface area contributed by atoms with Crippen molar-refractivity contribution in [3.8, 4) is 0 Å². The molecule has 98 valence electrons. The second-order valence-corrected chi connectivity index (χ2v) is 5.08. The molecular weight excluding hydrogens is 274 g/mol. The Morgan fingerprint density at radius 2 is 2.22 bits per heavy atom. The number of benzene rings is 1. The van der Waals surface area contributed by atoms with Crippen LogP contribution in [0.1, 0.15) is 6.92 Å². The highest BCUT2D eigenvalue weighted by atomic mass is 32.2. The summed E-state index contributed by atoms with van der Waals surface area (Å²) in [7, 11) is 0. The number of carbonyl (C=O) groups is 1. The third-order valence-corrected chi connectivity index (χ3v) is 3.78. The Labute approximate surface area is 113 Å². The van der Waals surface area contributed by atoms with E-state index in [1.165, 1.54) is 17.8 Å². The van der Waals surface area contributed by atoms with Gasteiger partial charge >= 0.3 is 5.97 Å². The van der Waals surface area contributed by atoms with E-state index in [0.29, 0.717) is 11.5 Å². The van der Waals surface area contributed by atoms with Crippen LogP contribution in [0.3, 0.4) is 0 Å². The summed E-state index contributed by atoms with van der Waals surface area (Å²) in [5.41, 5.74) is 0.0242. The van der Waals surface area contributed by atoms with Crippen molar-refractivity contribution < 1.29 is 14.5 Å². The largest absolute Gasteiger partial charge is 0.465 e. The number of hydrogen-bond acceptors (Lipinski definition) is 6. The van der Waals surface area contributed by atoms with Crippen molar-refractivity contribution in [3.05, 3.63) is 28.3 Å². The van der Waals surface area contributed by atoms with E-state index >= 15 is 0 Å². The first-order valence-electron chi connectivity index (χ1n) is 5.19. The van der Waals surface area contributed by atoms with E-state index in [4.69, 9.17) is 4.74 Å². The predicted octanol–water partition coefficient (Wildman–Crippen LogP) is 2.97. The van der Waals surface area contributed by atoms with Gasteiger partial charge in [-0.3, -0.25) is 14.9 Å². The van der Waals surface area contributed by atoms with Gasteiger partial charge in [-0.25, -0.2) is 0 Å². The van der Waals surface area contributed by atoms with Crippen LogP contribution in [0.2, 0.25) is 0 Å². The zero-order chi connectivity index (χ0) is 13.5. The SMILES string of the molecule is CCOC(=O)CSc1ccc(SC)cc1[N+](=O)[O-]. The summed E-state index contributed by atoms with van der Waals surface area (Å²) in [4.78, 5) is 23.0. The fourth-order valence-corrected chi connectivity index (χ4v) is 2.46. The maximum Gasteiger partial charge on any atom is 0.316 e. The maximum absolute atomic E-state index is 11.2. The number of nitrogens with zero attached hydrogens (tertiary/aromatic N) is 1. The molecule has 0 radical (unpaired) electrons. The van der Waals surface area contributed by atoms with Gasteiger partial charge in [0.05, 0.1) is 22.2 Å². The van der Waals surface area contributed by atoms with E-state index in [1.807, 2.05) is 6.26 Å². The number of thioether (sulfide) groups is 2. The highest BCUT2D eigenvalue weighted by Crippen LogP contribution is 2.32. The van der Waals surface area contributed by atoms with Crippen LogP contribution < -0.4 is 0 Å². The van der Waals surface area contributed by atoms with E-state index < -0.39 is 4.92 Å². The molecule has 0 fully saturated rings. The number of nitro benzene ring substituents is 1. The molecule has 0 atom stereocenters. The molecule has 0 aliphatic rings. The monoisotopic (exact) mass is 287 g/mol. The van der Waals surface area contributed by atoms with Crippen LogP contribution in [0.4, 0.5) is 5.69 Å². The fraction of sp³-hybridized carbons (Fsp3) is 0.364. The minimum atomic E-state index is -0.437. The van der Waals surface area contributed by atoms with Crippen molar-refractivity contribution in [1.29, 1.82) is 0 Å². The van der Waals surface area contributed by atoms with Gasteiger partial charge in [0.2, 0.25) is 0 Å². The molecule has 0 amide bonds. The number of carbonyl (C=O) groups excluding carboxylic acids is 1. The van der Waals surface area contributed by atoms with Gasteiger partial charge in [0.25, 0.3) is 5.69 Å². The Morgan fingerprint density at radius 1 is 1.50 bits per heavy atom. The van der Waals surface area contributed by atoms with Gasteiger partial charge in [0.1, 0.15) is 0 Å². The summed E-state index contributed by atoms with van der Waals surface area (Å²) < 4.78 is 4.78. The van der Waals surface area contributed by atoms with Crippen LogP contribution in [0.15, 0.2) is 28.0 Å². The molecule has 1 aromatic rings. The summed E-state index contributed by atoms with van der Waals surface area (Å²) in [6, 6.07) is 4.97. The number of esters is 1. The standard InChI is InChI=1S/C11H13NO4S2/c1-3-16-11(13)7-18-10-5-4-8(17-2)6-9(10)12(14)15/h4-6H,3,7H2,1-2H3. The number of rotatable bonds is 6. The summed E-state index contributed by atoms with van der Waals surface area (Å²) >= 11 is 2.55.